The van der Waals surface area contributed by atoms with Gasteiger partial charge in [-0.2, -0.15) is 4.57 Å². The van der Waals surface area contributed by atoms with Gasteiger partial charge in [0.05, 0.1) is 6.08 Å². The Morgan fingerprint density at radius 3 is 2.67 bits per heavy atom. The van der Waals surface area contributed by atoms with E-state index in [2.05, 4.69) is 5.32 Å². The van der Waals surface area contributed by atoms with Gasteiger partial charge in [-0.15, -0.1) is 0 Å². The van der Waals surface area contributed by atoms with Gasteiger partial charge in [0.1, 0.15) is 7.05 Å². The van der Waals surface area contributed by atoms with E-state index in [9.17, 15) is 0 Å². The van der Waals surface area contributed by atoms with E-state index in [1.165, 1.54) is 0 Å². The third-order valence-corrected chi connectivity index (χ3v) is 3.31. The van der Waals surface area contributed by atoms with E-state index in [1.807, 2.05) is 72.4 Å². The predicted molar refractivity (Wildman–Crippen MR) is 81.5 cm³/mol. The maximum absolute atomic E-state index is 5.97. The van der Waals surface area contributed by atoms with Crippen LogP contribution in [0.2, 0.25) is 5.02 Å². The summed E-state index contributed by atoms with van der Waals surface area (Å²) in [4.78, 5) is 0. The highest BCUT2D eigenvalue weighted by Gasteiger charge is 2.16. The molecule has 2 aromatic carbocycles. The lowest BCUT2D eigenvalue weighted by Gasteiger charge is -1.97. The monoisotopic (exact) mass is 412 g/mol. The minimum absolute atomic E-state index is 0. The quantitative estimate of drug-likeness (QED) is 0.514. The first-order valence-corrected chi connectivity index (χ1v) is 6.68. The van der Waals surface area contributed by atoms with Crippen molar-refractivity contribution in [1.82, 2.24) is 0 Å². The maximum Gasteiger partial charge on any atom is 0.375 e. The van der Waals surface area contributed by atoms with Gasteiger partial charge in [0.2, 0.25) is 5.58 Å². The van der Waals surface area contributed by atoms with Gasteiger partial charge in [-0.05, 0) is 18.2 Å². The van der Waals surface area contributed by atoms with Gasteiger partial charge in [0.15, 0.2) is 0 Å². The number of benzene rings is 2. The molecule has 0 spiro atoms. The molecule has 3 rings (SSSR count). The first kappa shape index (κ1) is 15.9. The van der Waals surface area contributed by atoms with Crippen molar-refractivity contribution in [3.63, 3.8) is 0 Å². The van der Waals surface area contributed by atoms with E-state index in [1.54, 1.807) is 0 Å². The van der Waals surface area contributed by atoms with Crippen LogP contribution in [0.25, 0.3) is 17.2 Å². The number of anilines is 1. The van der Waals surface area contributed by atoms with E-state index in [-0.39, 0.29) is 24.0 Å². The summed E-state index contributed by atoms with van der Waals surface area (Å²) in [5.41, 5.74) is 2.82. The predicted octanol–water partition coefficient (Wildman–Crippen LogP) is 0.997. The van der Waals surface area contributed by atoms with Crippen LogP contribution in [0.1, 0.15) is 5.89 Å². The average Bonchev–Trinajstić information content (AvgIpc) is 2.76. The average molecular weight is 413 g/mol. The van der Waals surface area contributed by atoms with Crippen molar-refractivity contribution in [2.24, 2.45) is 7.05 Å². The molecular formula is C16H14ClIN2O. The molecule has 1 heterocycles. The first-order valence-electron chi connectivity index (χ1n) is 6.30. The van der Waals surface area contributed by atoms with Crippen molar-refractivity contribution in [3.8, 4) is 0 Å². The van der Waals surface area contributed by atoms with E-state index in [0.29, 0.717) is 5.02 Å². The summed E-state index contributed by atoms with van der Waals surface area (Å²) in [6, 6.07) is 15.6. The molecule has 0 unspecified atom stereocenters. The summed E-state index contributed by atoms with van der Waals surface area (Å²) in [5, 5.41) is 3.87. The van der Waals surface area contributed by atoms with Gasteiger partial charge in [0, 0.05) is 29.0 Å². The Morgan fingerprint density at radius 2 is 1.90 bits per heavy atom. The standard InChI is InChI=1S/C16H13ClN2O.HI/c1-19-14-8-7-12(17)11-15(14)20-16(19)9-10-18-13-5-3-2-4-6-13;/h2-11H,1H3;1H. The highest BCUT2D eigenvalue weighted by atomic mass is 127. The molecule has 0 aliphatic heterocycles. The van der Waals surface area contributed by atoms with Crippen LogP contribution in [0.4, 0.5) is 5.69 Å². The van der Waals surface area contributed by atoms with Gasteiger partial charge >= 0.3 is 5.89 Å². The summed E-state index contributed by atoms with van der Waals surface area (Å²) in [6.07, 6.45) is 3.75. The molecule has 0 fully saturated rings. The Bertz CT molecular complexity index is 769. The van der Waals surface area contributed by atoms with Crippen LogP contribution in [-0.2, 0) is 7.05 Å². The molecule has 0 radical (unpaired) electrons. The second-order valence-electron chi connectivity index (χ2n) is 4.46. The van der Waals surface area contributed by atoms with E-state index in [0.717, 1.165) is 22.7 Å². The van der Waals surface area contributed by atoms with Gasteiger partial charge in [-0.1, -0.05) is 29.8 Å². The number of halogens is 2. The Labute approximate surface area is 145 Å². The zero-order valence-corrected chi connectivity index (χ0v) is 14.3. The van der Waals surface area contributed by atoms with Crippen molar-refractivity contribution in [2.75, 3.05) is 5.32 Å². The Morgan fingerprint density at radius 1 is 1.14 bits per heavy atom. The highest BCUT2D eigenvalue weighted by molar-refractivity contribution is 6.31. The van der Waals surface area contributed by atoms with Crippen molar-refractivity contribution < 1.29 is 33.0 Å². The van der Waals surface area contributed by atoms with Gasteiger partial charge < -0.3 is 33.7 Å². The summed E-state index contributed by atoms with van der Waals surface area (Å²) in [6.45, 7) is 0. The highest BCUT2D eigenvalue weighted by Crippen LogP contribution is 2.19. The molecule has 108 valence electrons. The Kier molecular flexibility index (Phi) is 5.25. The second kappa shape index (κ2) is 6.95. The topological polar surface area (TPSA) is 29.1 Å². The molecule has 21 heavy (non-hydrogen) atoms. The zero-order valence-electron chi connectivity index (χ0n) is 11.4. The number of nitrogens with one attached hydrogen (secondary N) is 1. The van der Waals surface area contributed by atoms with E-state index >= 15 is 0 Å². The number of hydrogen-bond acceptors (Lipinski definition) is 2. The third kappa shape index (κ3) is 3.57. The molecule has 0 aliphatic carbocycles. The van der Waals surface area contributed by atoms with E-state index in [4.69, 9.17) is 16.0 Å². The fourth-order valence-corrected chi connectivity index (χ4v) is 2.20. The van der Waals surface area contributed by atoms with Crippen LogP contribution in [0.15, 0.2) is 59.1 Å². The third-order valence-electron chi connectivity index (χ3n) is 3.08. The van der Waals surface area contributed by atoms with E-state index < -0.39 is 0 Å². The lowest BCUT2D eigenvalue weighted by atomic mass is 10.3. The molecule has 3 aromatic rings. The molecule has 1 aromatic heterocycles. The normalized spacial score (nSPS) is 10.8. The van der Waals surface area contributed by atoms with Crippen molar-refractivity contribution in [1.29, 1.82) is 0 Å². The van der Waals surface area contributed by atoms with Gasteiger partial charge in [-0.25, -0.2) is 0 Å². The molecule has 3 nitrogen and oxygen atoms in total. The van der Waals surface area contributed by atoms with Crippen LogP contribution in [0.3, 0.4) is 0 Å². The Balaban J connectivity index is 0.00000161. The van der Waals surface area contributed by atoms with Crippen molar-refractivity contribution in [3.05, 3.63) is 65.6 Å². The molecule has 0 saturated carbocycles. The van der Waals surface area contributed by atoms with Crippen LogP contribution < -0.4 is 33.9 Å². The number of aromatic nitrogens is 1. The van der Waals surface area contributed by atoms with Crippen LogP contribution in [0, 0.1) is 0 Å². The molecule has 5 heteroatoms. The molecule has 1 N–H and O–H groups in total. The minimum Gasteiger partial charge on any atom is -1.00 e. The molecule has 0 amide bonds. The summed E-state index contributed by atoms with van der Waals surface area (Å²) in [5.74, 6) is 0.755. The number of oxazole rings is 1. The van der Waals surface area contributed by atoms with Gasteiger partial charge in [-0.3, -0.25) is 0 Å². The smallest absolute Gasteiger partial charge is 0.375 e. The summed E-state index contributed by atoms with van der Waals surface area (Å²) in [7, 11) is 1.96. The lowest BCUT2D eigenvalue weighted by Crippen LogP contribution is -3.00. The molecule has 0 atom stereocenters. The minimum atomic E-state index is 0. The second-order valence-corrected chi connectivity index (χ2v) is 4.89. The molecule has 0 saturated heterocycles. The zero-order chi connectivity index (χ0) is 13.9. The first-order chi connectivity index (χ1) is 9.74. The fourth-order valence-electron chi connectivity index (χ4n) is 2.04. The number of rotatable bonds is 3. The van der Waals surface area contributed by atoms with Crippen LogP contribution in [-0.4, -0.2) is 0 Å². The molecule has 0 aliphatic rings. The lowest BCUT2D eigenvalue weighted by molar-refractivity contribution is -0.652. The van der Waals surface area contributed by atoms with Gasteiger partial charge in [0.25, 0.3) is 5.52 Å². The molecular weight excluding hydrogens is 399 g/mol. The fraction of sp³-hybridized carbons (Fsp3) is 0.0625. The summed E-state index contributed by atoms with van der Waals surface area (Å²) < 4.78 is 7.75. The number of fused-ring (bicyclic) bond motifs is 1. The van der Waals surface area contributed by atoms with Crippen LogP contribution in [0.5, 0.6) is 0 Å². The number of hydrogen-bond donors (Lipinski definition) is 1. The SMILES string of the molecule is C[n+]1c(/C=C/Nc2ccccc2)oc2cc(Cl)ccc21.[I-]. The Hall–Kier alpha value is -1.53. The summed E-state index contributed by atoms with van der Waals surface area (Å²) >= 11 is 5.97. The number of aryl methyl sites for hydroxylation is 1. The maximum atomic E-state index is 5.97. The number of nitrogens with zero attached hydrogens (tertiary/aromatic N) is 1. The van der Waals surface area contributed by atoms with Crippen LogP contribution >= 0.6 is 11.6 Å². The number of para-hydroxylation sites is 1. The largest absolute Gasteiger partial charge is 1.00 e. The van der Waals surface area contributed by atoms with Crippen molar-refractivity contribution in [2.45, 2.75) is 0 Å². The van der Waals surface area contributed by atoms with Crippen molar-refractivity contribution >= 4 is 34.5 Å². The molecule has 0 bridgehead atoms.